The first-order valence-electron chi connectivity index (χ1n) is 9.46. The lowest BCUT2D eigenvalue weighted by Crippen LogP contribution is -2.67. The van der Waals surface area contributed by atoms with Crippen LogP contribution in [0.2, 0.25) is 0 Å². The molecule has 4 N–H and O–H groups in total. The van der Waals surface area contributed by atoms with Gasteiger partial charge in [-0.05, 0) is 81.0 Å². The maximum absolute atomic E-state index is 10.6. The van der Waals surface area contributed by atoms with E-state index in [1.807, 2.05) is 0 Å². The van der Waals surface area contributed by atoms with E-state index in [2.05, 4.69) is 13.8 Å². The molecule has 0 aromatic heterocycles. The fourth-order valence-corrected chi connectivity index (χ4v) is 7.28. The molecule has 4 aliphatic rings. The predicted molar refractivity (Wildman–Crippen MR) is 87.2 cm³/mol. The van der Waals surface area contributed by atoms with Gasteiger partial charge in [-0.1, -0.05) is 13.8 Å². The van der Waals surface area contributed by atoms with Gasteiger partial charge in [0.25, 0.3) is 0 Å². The third kappa shape index (κ3) is 1.74. The van der Waals surface area contributed by atoms with Crippen molar-refractivity contribution in [2.75, 3.05) is 0 Å². The van der Waals surface area contributed by atoms with E-state index in [0.29, 0.717) is 23.2 Å². The molecule has 22 heavy (non-hydrogen) atoms. The molecule has 0 aromatic rings. The van der Waals surface area contributed by atoms with Crippen LogP contribution in [-0.2, 0) is 0 Å². The van der Waals surface area contributed by atoms with Crippen molar-refractivity contribution in [3.63, 3.8) is 0 Å². The van der Waals surface area contributed by atoms with Crippen LogP contribution < -0.4 is 5.73 Å². The van der Waals surface area contributed by atoms with Crippen LogP contribution in [0.25, 0.3) is 0 Å². The maximum Gasteiger partial charge on any atom is 0.0612 e. The minimum atomic E-state index is -0.211. The molecule has 4 fully saturated rings. The number of rotatable bonds is 0. The molecule has 8 atom stereocenters. The van der Waals surface area contributed by atoms with Crippen molar-refractivity contribution in [2.24, 2.45) is 34.3 Å². The van der Waals surface area contributed by atoms with Crippen LogP contribution >= 0.6 is 0 Å². The summed E-state index contributed by atoms with van der Waals surface area (Å²) in [6, 6.07) is 0. The van der Waals surface area contributed by atoms with E-state index < -0.39 is 0 Å². The van der Waals surface area contributed by atoms with Crippen LogP contribution in [0.3, 0.4) is 0 Å². The Morgan fingerprint density at radius 3 is 2.41 bits per heavy atom. The summed E-state index contributed by atoms with van der Waals surface area (Å²) in [5.74, 6) is 1.94. The summed E-state index contributed by atoms with van der Waals surface area (Å²) < 4.78 is 0. The van der Waals surface area contributed by atoms with Gasteiger partial charge in [0, 0.05) is 11.0 Å². The van der Waals surface area contributed by atoms with E-state index in [1.54, 1.807) is 0 Å². The van der Waals surface area contributed by atoms with Crippen molar-refractivity contribution < 1.29 is 10.2 Å². The molecule has 0 heterocycles. The standard InChI is InChI=1S/C19H33NO2/c1-17-8-5-13(21)11-12(17)3-4-15-14(17)6-9-18(2)16(22)7-10-19(15,18)20/h12-16,21-22H,3-11,20H2,1-2H3/t12-,13+,14+,15-,16+,17+,18-,19+/m1/s1. The van der Waals surface area contributed by atoms with Gasteiger partial charge in [-0.25, -0.2) is 0 Å². The SMILES string of the molecule is C[C@]12CC[C@H](O)C[C@H]1CC[C@@H]1[C@@H]2CC[C@]2(C)[C@@H](O)CC[C@]12N. The van der Waals surface area contributed by atoms with Crippen LogP contribution in [0.5, 0.6) is 0 Å². The number of fused-ring (bicyclic) bond motifs is 5. The fraction of sp³-hybridized carbons (Fsp3) is 1.00. The number of hydrogen-bond acceptors (Lipinski definition) is 3. The Labute approximate surface area is 134 Å². The van der Waals surface area contributed by atoms with Crippen molar-refractivity contribution in [3.8, 4) is 0 Å². The van der Waals surface area contributed by atoms with Crippen molar-refractivity contribution in [3.05, 3.63) is 0 Å². The molecular weight excluding hydrogens is 274 g/mol. The van der Waals surface area contributed by atoms with Crippen molar-refractivity contribution >= 4 is 0 Å². The number of hydrogen-bond donors (Lipinski definition) is 3. The molecule has 0 radical (unpaired) electrons. The summed E-state index contributed by atoms with van der Waals surface area (Å²) >= 11 is 0. The average Bonchev–Trinajstić information content (AvgIpc) is 2.72. The first kappa shape index (κ1) is 15.4. The van der Waals surface area contributed by atoms with Gasteiger partial charge in [-0.15, -0.1) is 0 Å². The topological polar surface area (TPSA) is 66.5 Å². The summed E-state index contributed by atoms with van der Waals surface area (Å²) in [6.07, 6.45) is 9.44. The first-order chi connectivity index (χ1) is 10.3. The highest BCUT2D eigenvalue weighted by Gasteiger charge is 2.65. The summed E-state index contributed by atoms with van der Waals surface area (Å²) in [4.78, 5) is 0. The highest BCUT2D eigenvalue weighted by Crippen LogP contribution is 2.66. The van der Waals surface area contributed by atoms with Gasteiger partial charge in [0.2, 0.25) is 0 Å². The molecule has 0 aromatic carbocycles. The largest absolute Gasteiger partial charge is 0.393 e. The molecule has 0 amide bonds. The first-order valence-corrected chi connectivity index (χ1v) is 9.46. The van der Waals surface area contributed by atoms with Gasteiger partial charge in [-0.2, -0.15) is 0 Å². The third-order valence-electron chi connectivity index (χ3n) is 8.93. The van der Waals surface area contributed by atoms with E-state index in [4.69, 9.17) is 5.73 Å². The minimum absolute atomic E-state index is 0.0778. The second-order valence-electron chi connectivity index (χ2n) is 9.47. The molecule has 4 aliphatic carbocycles. The van der Waals surface area contributed by atoms with E-state index in [9.17, 15) is 10.2 Å². The van der Waals surface area contributed by atoms with Crippen LogP contribution in [0, 0.1) is 28.6 Å². The van der Waals surface area contributed by atoms with Crippen molar-refractivity contribution in [1.82, 2.24) is 0 Å². The Morgan fingerprint density at radius 2 is 1.64 bits per heavy atom. The molecule has 4 rings (SSSR count). The second kappa shape index (κ2) is 4.70. The van der Waals surface area contributed by atoms with Gasteiger partial charge in [0.15, 0.2) is 0 Å². The molecule has 0 unspecified atom stereocenters. The zero-order valence-electron chi connectivity index (χ0n) is 14.2. The molecule has 3 heteroatoms. The Bertz CT molecular complexity index is 468. The smallest absolute Gasteiger partial charge is 0.0612 e. The van der Waals surface area contributed by atoms with Crippen molar-refractivity contribution in [1.29, 1.82) is 0 Å². The van der Waals surface area contributed by atoms with Crippen LogP contribution in [0.4, 0.5) is 0 Å². The zero-order chi connectivity index (χ0) is 15.8. The molecule has 0 spiro atoms. The van der Waals surface area contributed by atoms with E-state index in [1.165, 1.54) is 19.3 Å². The molecular formula is C19H33NO2. The quantitative estimate of drug-likeness (QED) is 0.645. The number of aliphatic hydroxyl groups excluding tert-OH is 2. The van der Waals surface area contributed by atoms with Gasteiger partial charge >= 0.3 is 0 Å². The molecule has 0 saturated heterocycles. The lowest BCUT2D eigenvalue weighted by Gasteiger charge is -2.64. The molecule has 4 saturated carbocycles. The monoisotopic (exact) mass is 307 g/mol. The lowest BCUT2D eigenvalue weighted by atomic mass is 9.43. The van der Waals surface area contributed by atoms with Crippen molar-refractivity contribution in [2.45, 2.75) is 89.4 Å². The average molecular weight is 307 g/mol. The number of aliphatic hydroxyl groups is 2. The summed E-state index contributed by atoms with van der Waals surface area (Å²) in [5.41, 5.74) is 7.16. The third-order valence-corrected chi connectivity index (χ3v) is 8.93. The highest BCUT2D eigenvalue weighted by molar-refractivity contribution is 5.19. The highest BCUT2D eigenvalue weighted by atomic mass is 16.3. The van der Waals surface area contributed by atoms with Crippen LogP contribution in [-0.4, -0.2) is 28.0 Å². The normalized spacial score (nSPS) is 61.2. The number of nitrogens with two attached hydrogens (primary N) is 1. The molecule has 3 nitrogen and oxygen atoms in total. The Hall–Kier alpha value is -0.120. The van der Waals surface area contributed by atoms with Gasteiger partial charge in [0.05, 0.1) is 12.2 Å². The molecule has 126 valence electrons. The summed E-state index contributed by atoms with van der Waals surface area (Å²) in [5, 5.41) is 20.6. The van der Waals surface area contributed by atoms with E-state index in [0.717, 1.165) is 38.5 Å². The summed E-state index contributed by atoms with van der Waals surface area (Å²) in [7, 11) is 0. The van der Waals surface area contributed by atoms with Gasteiger partial charge in [-0.3, -0.25) is 0 Å². The van der Waals surface area contributed by atoms with Gasteiger partial charge in [0.1, 0.15) is 0 Å². The van der Waals surface area contributed by atoms with Crippen LogP contribution in [0.1, 0.15) is 71.6 Å². The predicted octanol–water partition coefficient (Wildman–Crippen LogP) is 2.83. The Morgan fingerprint density at radius 1 is 0.864 bits per heavy atom. The van der Waals surface area contributed by atoms with E-state index in [-0.39, 0.29) is 23.2 Å². The molecule has 0 aliphatic heterocycles. The lowest BCUT2D eigenvalue weighted by molar-refractivity contribution is -0.143. The van der Waals surface area contributed by atoms with Crippen LogP contribution in [0.15, 0.2) is 0 Å². The Balaban J connectivity index is 1.68. The maximum atomic E-state index is 10.6. The Kier molecular flexibility index (Phi) is 3.30. The van der Waals surface area contributed by atoms with E-state index >= 15 is 0 Å². The summed E-state index contributed by atoms with van der Waals surface area (Å²) in [6.45, 7) is 4.73. The molecule has 0 bridgehead atoms. The minimum Gasteiger partial charge on any atom is -0.393 e. The zero-order valence-corrected chi connectivity index (χ0v) is 14.2. The fourth-order valence-electron chi connectivity index (χ4n) is 7.28. The second-order valence-corrected chi connectivity index (χ2v) is 9.47. The van der Waals surface area contributed by atoms with Gasteiger partial charge < -0.3 is 15.9 Å².